The second kappa shape index (κ2) is 3.13. The van der Waals surface area contributed by atoms with Crippen molar-refractivity contribution in [2.75, 3.05) is 0 Å². The molecule has 0 amide bonds. The fraction of sp³-hybridized carbons (Fsp3) is 0.750. The van der Waals surface area contributed by atoms with Gasteiger partial charge in [0.2, 0.25) is 6.20 Å². The average Bonchev–Trinajstić information content (AvgIpc) is 2.30. The molecule has 0 saturated heterocycles. The molecule has 0 aromatic carbocycles. The van der Waals surface area contributed by atoms with Crippen molar-refractivity contribution in [3.05, 3.63) is 6.20 Å². The van der Waals surface area contributed by atoms with E-state index in [0.29, 0.717) is 0 Å². The van der Waals surface area contributed by atoms with Gasteiger partial charge in [0.25, 0.3) is 0 Å². The topological polar surface area (TPSA) is 53.0 Å². The van der Waals surface area contributed by atoms with Crippen molar-refractivity contribution in [3.8, 4) is 5.95 Å². The number of hydrogen-bond donors (Lipinski definition) is 0. The lowest BCUT2D eigenvalue weighted by Crippen LogP contribution is -2.36. The molecule has 0 aliphatic heterocycles. The van der Waals surface area contributed by atoms with Crippen LogP contribution in [-0.4, -0.2) is 5.27 Å². The highest BCUT2D eigenvalue weighted by Crippen LogP contribution is 2.17. The summed E-state index contributed by atoms with van der Waals surface area (Å²) in [4.78, 5) is 0. The number of aryl methyl sites for hydroxylation is 1. The van der Waals surface area contributed by atoms with E-state index in [1.165, 1.54) is 10.9 Å². The Morgan fingerprint density at radius 1 is 1.58 bits per heavy atom. The molecule has 0 unspecified atom stereocenters. The van der Waals surface area contributed by atoms with Gasteiger partial charge < -0.3 is 9.63 Å². The lowest BCUT2D eigenvalue weighted by molar-refractivity contribution is -0.763. The summed E-state index contributed by atoms with van der Waals surface area (Å²) >= 11 is 0. The van der Waals surface area contributed by atoms with Crippen LogP contribution in [0.2, 0.25) is 0 Å². The summed E-state index contributed by atoms with van der Waals surface area (Å²) in [6.45, 7) is 7.17. The molecule has 4 heteroatoms. The first-order chi connectivity index (χ1) is 5.47. The second-order valence-electron chi connectivity index (χ2n) is 4.09. The SMILES string of the molecule is CC(C)(C)CC[n+]1cc([O-])on1. The highest BCUT2D eigenvalue weighted by molar-refractivity contribution is 4.80. The molecular formula is C8H14N2O2. The minimum Gasteiger partial charge on any atom is -0.539 e. The predicted octanol–water partition coefficient (Wildman–Crippen LogP) is 0.472. The van der Waals surface area contributed by atoms with E-state index in [9.17, 15) is 5.11 Å². The van der Waals surface area contributed by atoms with E-state index in [0.717, 1.165) is 13.0 Å². The average molecular weight is 170 g/mol. The summed E-state index contributed by atoms with van der Waals surface area (Å²) in [6, 6.07) is 0. The van der Waals surface area contributed by atoms with E-state index in [2.05, 4.69) is 30.6 Å². The highest BCUT2D eigenvalue weighted by Gasteiger charge is 2.14. The number of hydrogen-bond acceptors (Lipinski definition) is 3. The molecule has 0 radical (unpaired) electrons. The van der Waals surface area contributed by atoms with Crippen LogP contribution in [0.5, 0.6) is 5.95 Å². The van der Waals surface area contributed by atoms with Gasteiger partial charge in [-0.3, -0.25) is 0 Å². The lowest BCUT2D eigenvalue weighted by Gasteiger charge is -2.13. The van der Waals surface area contributed by atoms with Gasteiger partial charge in [-0.15, -0.1) is 0 Å². The normalized spacial score (nSPS) is 11.9. The van der Waals surface area contributed by atoms with Crippen molar-refractivity contribution in [3.63, 3.8) is 0 Å². The molecule has 0 fully saturated rings. The van der Waals surface area contributed by atoms with E-state index in [4.69, 9.17) is 0 Å². The molecule has 1 aromatic rings. The zero-order valence-corrected chi connectivity index (χ0v) is 7.70. The van der Waals surface area contributed by atoms with Crippen LogP contribution in [0.1, 0.15) is 27.2 Å². The summed E-state index contributed by atoms with van der Waals surface area (Å²) in [7, 11) is 0. The van der Waals surface area contributed by atoms with Crippen LogP contribution < -0.4 is 9.79 Å². The molecule has 12 heavy (non-hydrogen) atoms. The van der Waals surface area contributed by atoms with Crippen LogP contribution in [0, 0.1) is 5.41 Å². The predicted molar refractivity (Wildman–Crippen MR) is 40.2 cm³/mol. The molecule has 0 aliphatic carbocycles. The third-order valence-corrected chi connectivity index (χ3v) is 1.58. The maximum Gasteiger partial charge on any atom is 0.221 e. The molecule has 0 N–H and O–H groups in total. The van der Waals surface area contributed by atoms with E-state index in [1.807, 2.05) is 0 Å². The summed E-state index contributed by atoms with van der Waals surface area (Å²) in [5, 5.41) is 14.1. The molecule has 0 spiro atoms. The van der Waals surface area contributed by atoms with Gasteiger partial charge >= 0.3 is 0 Å². The van der Waals surface area contributed by atoms with Gasteiger partial charge in [0.1, 0.15) is 5.95 Å². The van der Waals surface area contributed by atoms with E-state index >= 15 is 0 Å². The van der Waals surface area contributed by atoms with Crippen molar-refractivity contribution >= 4 is 0 Å². The second-order valence-corrected chi connectivity index (χ2v) is 4.09. The van der Waals surface area contributed by atoms with Gasteiger partial charge in [-0.2, -0.15) is 0 Å². The Labute approximate surface area is 71.8 Å². The Balaban J connectivity index is 2.44. The van der Waals surface area contributed by atoms with Gasteiger partial charge in [-0.1, -0.05) is 25.5 Å². The van der Waals surface area contributed by atoms with E-state index in [1.54, 1.807) is 0 Å². The highest BCUT2D eigenvalue weighted by atomic mass is 16.6. The van der Waals surface area contributed by atoms with E-state index < -0.39 is 0 Å². The molecule has 0 bridgehead atoms. The Morgan fingerprint density at radius 2 is 2.25 bits per heavy atom. The summed E-state index contributed by atoms with van der Waals surface area (Å²) in [5.74, 6) is -0.385. The smallest absolute Gasteiger partial charge is 0.221 e. The van der Waals surface area contributed by atoms with Crippen LogP contribution in [0.3, 0.4) is 0 Å². The third-order valence-electron chi connectivity index (χ3n) is 1.58. The van der Waals surface area contributed by atoms with Gasteiger partial charge in [0.05, 0.1) is 5.27 Å². The summed E-state index contributed by atoms with van der Waals surface area (Å²) < 4.78 is 5.92. The quantitative estimate of drug-likeness (QED) is 0.606. The maximum atomic E-state index is 10.6. The first kappa shape index (κ1) is 9.03. The Morgan fingerprint density at radius 3 is 2.67 bits per heavy atom. The molecule has 1 rings (SSSR count). The van der Waals surface area contributed by atoms with Crippen molar-refractivity contribution in [2.24, 2.45) is 5.41 Å². The zero-order valence-electron chi connectivity index (χ0n) is 7.70. The first-order valence-electron chi connectivity index (χ1n) is 4.01. The molecule has 1 aromatic heterocycles. The molecule has 0 saturated carbocycles. The standard InChI is InChI=1S/C8H14N2O2/c1-8(2,3)4-5-10-6-7(11)12-9-10/h6H,4-5H2,1-3H3. The molecule has 0 atom stereocenters. The Bertz CT molecular complexity index is 250. The molecule has 4 nitrogen and oxygen atoms in total. The molecular weight excluding hydrogens is 156 g/mol. The lowest BCUT2D eigenvalue weighted by atomic mass is 9.92. The van der Waals surface area contributed by atoms with Gasteiger partial charge in [-0.05, 0) is 5.41 Å². The van der Waals surface area contributed by atoms with Crippen LogP contribution in [0.15, 0.2) is 10.7 Å². The van der Waals surface area contributed by atoms with Crippen LogP contribution in [-0.2, 0) is 6.54 Å². The minimum absolute atomic E-state index is 0.259. The molecule has 1 heterocycles. The molecule has 68 valence electrons. The van der Waals surface area contributed by atoms with Crippen molar-refractivity contribution in [1.82, 2.24) is 5.27 Å². The van der Waals surface area contributed by atoms with Crippen molar-refractivity contribution < 1.29 is 14.3 Å². The van der Waals surface area contributed by atoms with Crippen LogP contribution in [0.4, 0.5) is 0 Å². The third kappa shape index (κ3) is 2.90. The summed E-state index contributed by atoms with van der Waals surface area (Å²) in [6.07, 6.45) is 2.34. The maximum absolute atomic E-state index is 10.6. The van der Waals surface area contributed by atoms with Crippen LogP contribution >= 0.6 is 0 Å². The van der Waals surface area contributed by atoms with Gasteiger partial charge in [0, 0.05) is 6.42 Å². The van der Waals surface area contributed by atoms with Gasteiger partial charge in [-0.25, -0.2) is 0 Å². The Kier molecular flexibility index (Phi) is 2.35. The zero-order chi connectivity index (χ0) is 9.19. The fourth-order valence-electron chi connectivity index (χ4n) is 0.817. The monoisotopic (exact) mass is 170 g/mol. The van der Waals surface area contributed by atoms with Crippen molar-refractivity contribution in [2.45, 2.75) is 33.7 Å². The first-order valence-corrected chi connectivity index (χ1v) is 4.01. The molecule has 0 aliphatic rings. The number of rotatable bonds is 2. The largest absolute Gasteiger partial charge is 0.539 e. The van der Waals surface area contributed by atoms with E-state index in [-0.39, 0.29) is 11.4 Å². The number of aromatic nitrogens is 2. The summed E-state index contributed by atoms with van der Waals surface area (Å²) in [5.41, 5.74) is 0.259. The van der Waals surface area contributed by atoms with Crippen LogP contribution in [0.25, 0.3) is 0 Å². The Hall–Kier alpha value is -1.06. The van der Waals surface area contributed by atoms with Crippen molar-refractivity contribution in [1.29, 1.82) is 0 Å². The fourth-order valence-corrected chi connectivity index (χ4v) is 0.817. The number of nitrogens with zero attached hydrogens (tertiary/aromatic N) is 2. The van der Waals surface area contributed by atoms with Gasteiger partial charge in [0.15, 0.2) is 6.54 Å². The minimum atomic E-state index is -0.385.